The predicted octanol–water partition coefficient (Wildman–Crippen LogP) is 2.01. The van der Waals surface area contributed by atoms with Gasteiger partial charge in [-0.25, -0.2) is 14.6 Å². The van der Waals surface area contributed by atoms with Crippen molar-refractivity contribution in [1.29, 1.82) is 0 Å². The van der Waals surface area contributed by atoms with E-state index in [-0.39, 0.29) is 30.4 Å². The molecule has 0 atom stereocenters. The number of ether oxygens (including phenoxy) is 1. The van der Waals surface area contributed by atoms with Crippen molar-refractivity contribution in [3.8, 4) is 0 Å². The Balaban J connectivity index is 1.72. The van der Waals surface area contributed by atoms with E-state index in [1.807, 2.05) is 25.3 Å². The van der Waals surface area contributed by atoms with Crippen LogP contribution in [0.2, 0.25) is 0 Å². The van der Waals surface area contributed by atoms with Crippen molar-refractivity contribution in [2.45, 2.75) is 85.4 Å². The second-order valence-corrected chi connectivity index (χ2v) is 9.50. The number of amides is 2. The van der Waals surface area contributed by atoms with E-state index < -0.39 is 11.2 Å². The van der Waals surface area contributed by atoms with Gasteiger partial charge < -0.3 is 19.5 Å². The number of hydrogen-bond donors (Lipinski definition) is 2. The first-order valence-corrected chi connectivity index (χ1v) is 12.7. The summed E-state index contributed by atoms with van der Waals surface area (Å²) < 4.78 is 8.42. The number of unbranched alkanes of at least 4 members (excludes halogenated alkanes) is 1. The molecule has 35 heavy (non-hydrogen) atoms. The van der Waals surface area contributed by atoms with Gasteiger partial charge in [-0.2, -0.15) is 0 Å². The molecule has 11 nitrogen and oxygen atoms in total. The molecule has 2 aromatic rings. The van der Waals surface area contributed by atoms with Crippen LogP contribution in [0.25, 0.3) is 11.2 Å². The average Bonchev–Trinajstić information content (AvgIpc) is 3.16. The number of aromatic nitrogens is 4. The first-order chi connectivity index (χ1) is 16.7. The fourth-order valence-electron chi connectivity index (χ4n) is 4.44. The summed E-state index contributed by atoms with van der Waals surface area (Å²) in [5, 5.41) is 3.06. The van der Waals surface area contributed by atoms with E-state index in [9.17, 15) is 19.2 Å². The number of fused-ring (bicyclic) bond motifs is 1. The van der Waals surface area contributed by atoms with Crippen molar-refractivity contribution < 1.29 is 14.3 Å². The predicted molar refractivity (Wildman–Crippen MR) is 132 cm³/mol. The van der Waals surface area contributed by atoms with Crippen LogP contribution in [0.3, 0.4) is 0 Å². The van der Waals surface area contributed by atoms with Gasteiger partial charge in [0, 0.05) is 45.1 Å². The van der Waals surface area contributed by atoms with Gasteiger partial charge in [-0.15, -0.1) is 0 Å². The van der Waals surface area contributed by atoms with Crippen LogP contribution >= 0.6 is 0 Å². The van der Waals surface area contributed by atoms with Gasteiger partial charge in [-0.05, 0) is 32.1 Å². The fraction of sp³-hybridized carbons (Fsp3) is 0.708. The highest BCUT2D eigenvalue weighted by molar-refractivity contribution is 5.77. The molecule has 0 bridgehead atoms. The summed E-state index contributed by atoms with van der Waals surface area (Å²) in [7, 11) is 0. The molecule has 1 aliphatic heterocycles. The highest BCUT2D eigenvalue weighted by atomic mass is 16.6. The number of rotatable bonds is 10. The van der Waals surface area contributed by atoms with Crippen molar-refractivity contribution >= 4 is 23.2 Å². The summed E-state index contributed by atoms with van der Waals surface area (Å²) in [4.78, 5) is 58.5. The third kappa shape index (κ3) is 6.52. The van der Waals surface area contributed by atoms with Gasteiger partial charge >= 0.3 is 11.8 Å². The van der Waals surface area contributed by atoms with Crippen LogP contribution in [0.15, 0.2) is 9.59 Å². The minimum atomic E-state index is -0.455. The Morgan fingerprint density at radius 3 is 2.51 bits per heavy atom. The lowest BCUT2D eigenvalue weighted by molar-refractivity contribution is -0.122. The number of carbonyl (C=O) groups is 2. The van der Waals surface area contributed by atoms with Gasteiger partial charge in [0.15, 0.2) is 11.2 Å². The minimum Gasteiger partial charge on any atom is -0.450 e. The second kappa shape index (κ2) is 12.0. The summed E-state index contributed by atoms with van der Waals surface area (Å²) in [5.74, 6) is 0.780. The maximum atomic E-state index is 12.7. The molecule has 1 aliphatic rings. The van der Waals surface area contributed by atoms with Crippen molar-refractivity contribution in [3.05, 3.63) is 26.7 Å². The fourth-order valence-corrected chi connectivity index (χ4v) is 4.44. The van der Waals surface area contributed by atoms with Crippen LogP contribution < -0.4 is 16.6 Å². The van der Waals surface area contributed by atoms with Gasteiger partial charge in [0.25, 0.3) is 5.56 Å². The summed E-state index contributed by atoms with van der Waals surface area (Å²) in [6.45, 7) is 10.4. The highest BCUT2D eigenvalue weighted by Gasteiger charge is 2.25. The Hall–Kier alpha value is -3.11. The van der Waals surface area contributed by atoms with Gasteiger partial charge in [0.2, 0.25) is 5.91 Å². The lowest BCUT2D eigenvalue weighted by Crippen LogP contribution is -2.46. The Bertz CT molecular complexity index is 1140. The molecule has 3 heterocycles. The molecule has 0 aliphatic carbocycles. The van der Waals surface area contributed by atoms with Gasteiger partial charge in [0.05, 0.1) is 6.61 Å². The number of aryl methyl sites for hydroxylation is 2. The third-order valence-corrected chi connectivity index (χ3v) is 6.21. The average molecular weight is 491 g/mol. The molecular formula is C24H38N6O5. The molecule has 3 rings (SSSR count). The smallest absolute Gasteiger partial charge is 0.409 e. The second-order valence-electron chi connectivity index (χ2n) is 9.50. The first-order valence-electron chi connectivity index (χ1n) is 12.7. The van der Waals surface area contributed by atoms with Gasteiger partial charge in [-0.3, -0.25) is 19.1 Å². The summed E-state index contributed by atoms with van der Waals surface area (Å²) in [6, 6.07) is 0.00438. The van der Waals surface area contributed by atoms with Gasteiger partial charge in [-0.1, -0.05) is 27.2 Å². The normalized spacial score (nSPS) is 14.6. The first kappa shape index (κ1) is 26.5. The van der Waals surface area contributed by atoms with E-state index in [1.165, 1.54) is 4.57 Å². The Morgan fingerprint density at radius 1 is 1.17 bits per heavy atom. The SMILES string of the molecule is CCCCn1c(=O)[nH]c(=O)c2c1nc(CCC(=O)NC1CCN(C(=O)OCC)CC1)n2CC(C)C. The molecule has 2 N–H and O–H groups in total. The molecule has 0 aromatic carbocycles. The minimum absolute atomic E-state index is 0.00438. The van der Waals surface area contributed by atoms with Gasteiger partial charge in [0.1, 0.15) is 5.82 Å². The Labute approximate surface area is 204 Å². The molecular weight excluding hydrogens is 452 g/mol. The van der Waals surface area contributed by atoms with E-state index >= 15 is 0 Å². The van der Waals surface area contributed by atoms with E-state index in [4.69, 9.17) is 4.74 Å². The van der Waals surface area contributed by atoms with Crippen LogP contribution in [0.5, 0.6) is 0 Å². The molecule has 1 fully saturated rings. The topological polar surface area (TPSA) is 131 Å². The number of piperidine rings is 1. The van der Waals surface area contributed by atoms with Crippen molar-refractivity contribution in [2.24, 2.45) is 5.92 Å². The summed E-state index contributed by atoms with van der Waals surface area (Å²) >= 11 is 0. The Morgan fingerprint density at radius 2 is 1.89 bits per heavy atom. The zero-order valence-electron chi connectivity index (χ0n) is 21.3. The number of carbonyl (C=O) groups excluding carboxylic acids is 2. The zero-order chi connectivity index (χ0) is 25.5. The van der Waals surface area contributed by atoms with Crippen molar-refractivity contribution in [2.75, 3.05) is 19.7 Å². The number of imidazole rings is 1. The van der Waals surface area contributed by atoms with E-state index in [0.29, 0.717) is 69.0 Å². The molecule has 194 valence electrons. The van der Waals surface area contributed by atoms with Crippen LogP contribution in [0, 0.1) is 5.92 Å². The quantitative estimate of drug-likeness (QED) is 0.524. The summed E-state index contributed by atoms with van der Waals surface area (Å²) in [5.41, 5.74) is -0.135. The number of likely N-dealkylation sites (tertiary alicyclic amines) is 1. The van der Waals surface area contributed by atoms with Crippen LogP contribution in [-0.4, -0.2) is 61.7 Å². The Kier molecular flexibility index (Phi) is 9.11. The largest absolute Gasteiger partial charge is 0.450 e. The standard InChI is InChI=1S/C24H38N6O5/c1-5-7-12-29-21-20(22(32)27-23(29)33)30(15-16(3)4)18(26-21)8-9-19(31)25-17-10-13-28(14-11-17)24(34)35-6-2/h16-17H,5-15H2,1-4H3,(H,25,31)(H,27,32,33). The van der Waals surface area contributed by atoms with E-state index in [2.05, 4.69) is 15.3 Å². The van der Waals surface area contributed by atoms with Crippen LogP contribution in [-0.2, 0) is 29.0 Å². The number of nitrogens with one attached hydrogen (secondary N) is 2. The van der Waals surface area contributed by atoms with Crippen LogP contribution in [0.1, 0.15) is 65.6 Å². The van der Waals surface area contributed by atoms with Crippen molar-refractivity contribution in [3.63, 3.8) is 0 Å². The number of nitrogens with zero attached hydrogens (tertiary/aromatic N) is 4. The summed E-state index contributed by atoms with van der Waals surface area (Å²) in [6.07, 6.45) is 3.32. The molecule has 0 unspecified atom stereocenters. The van der Waals surface area contributed by atoms with E-state index in [0.717, 1.165) is 12.8 Å². The highest BCUT2D eigenvalue weighted by Crippen LogP contribution is 2.17. The van der Waals surface area contributed by atoms with Crippen molar-refractivity contribution in [1.82, 2.24) is 29.3 Å². The van der Waals surface area contributed by atoms with E-state index in [1.54, 1.807) is 11.8 Å². The maximum Gasteiger partial charge on any atom is 0.409 e. The molecule has 0 saturated carbocycles. The lowest BCUT2D eigenvalue weighted by atomic mass is 10.1. The monoisotopic (exact) mass is 490 g/mol. The molecule has 11 heteroatoms. The molecule has 1 saturated heterocycles. The zero-order valence-corrected chi connectivity index (χ0v) is 21.3. The molecule has 2 amide bonds. The molecule has 0 radical (unpaired) electrons. The molecule has 0 spiro atoms. The van der Waals surface area contributed by atoms with Crippen LogP contribution in [0.4, 0.5) is 4.79 Å². The molecule has 2 aromatic heterocycles. The third-order valence-electron chi connectivity index (χ3n) is 6.21. The maximum absolute atomic E-state index is 12.7. The number of H-pyrrole nitrogens is 1. The lowest BCUT2D eigenvalue weighted by Gasteiger charge is -2.31. The number of hydrogen-bond acceptors (Lipinski definition) is 6. The number of aromatic amines is 1.